The molecule has 1 amide bonds. The molecule has 0 bridgehead atoms. The lowest BCUT2D eigenvalue weighted by molar-refractivity contribution is -0.385. The van der Waals surface area contributed by atoms with Crippen molar-refractivity contribution < 1.29 is 14.5 Å². The smallest absolute Gasteiger partial charge is 0.287 e. The summed E-state index contributed by atoms with van der Waals surface area (Å²) < 4.78 is 5.21. The van der Waals surface area contributed by atoms with E-state index in [0.29, 0.717) is 42.7 Å². The lowest BCUT2D eigenvalue weighted by Crippen LogP contribution is -2.22. The summed E-state index contributed by atoms with van der Waals surface area (Å²) in [5.41, 5.74) is 3.00. The molecule has 0 aliphatic carbocycles. The third kappa shape index (κ3) is 6.98. The molecule has 0 saturated carbocycles. The molecule has 0 unspecified atom stereocenters. The van der Waals surface area contributed by atoms with Crippen LogP contribution in [0.25, 0.3) is 11.3 Å². The number of hydrogen-bond donors (Lipinski definition) is 3. The highest BCUT2D eigenvalue weighted by Gasteiger charge is 2.08. The summed E-state index contributed by atoms with van der Waals surface area (Å²) in [4.78, 5) is 35.5. The minimum absolute atomic E-state index is 0.0595. The first-order chi connectivity index (χ1) is 18.0. The van der Waals surface area contributed by atoms with E-state index in [4.69, 9.17) is 4.74 Å². The van der Waals surface area contributed by atoms with Crippen LogP contribution in [-0.4, -0.2) is 46.0 Å². The molecule has 0 spiro atoms. The largest absolute Gasteiger partial charge is 0.497 e. The van der Waals surface area contributed by atoms with E-state index in [2.05, 4.69) is 30.9 Å². The number of benzene rings is 2. The van der Waals surface area contributed by atoms with Gasteiger partial charge in [-0.15, -0.1) is 0 Å². The van der Waals surface area contributed by atoms with Crippen molar-refractivity contribution in [1.82, 2.24) is 20.3 Å². The molecule has 0 saturated heterocycles. The van der Waals surface area contributed by atoms with Crippen molar-refractivity contribution in [2.75, 3.05) is 30.8 Å². The van der Waals surface area contributed by atoms with Gasteiger partial charge < -0.3 is 20.7 Å². The average molecular weight is 500 g/mol. The Balaban J connectivity index is 1.28. The summed E-state index contributed by atoms with van der Waals surface area (Å²) in [6.07, 6.45) is 2.86. The second-order valence-corrected chi connectivity index (χ2v) is 7.89. The number of anilines is 2. The Hall–Kier alpha value is -5.06. The summed E-state index contributed by atoms with van der Waals surface area (Å²) in [7, 11) is 1.61. The second-order valence-electron chi connectivity index (χ2n) is 7.89. The number of ether oxygens (including phenoxy) is 1. The molecule has 2 aromatic carbocycles. The maximum Gasteiger partial charge on any atom is 0.287 e. The zero-order valence-electron chi connectivity index (χ0n) is 20.0. The molecule has 37 heavy (non-hydrogen) atoms. The normalized spacial score (nSPS) is 10.4. The van der Waals surface area contributed by atoms with Crippen LogP contribution in [0, 0.1) is 10.1 Å². The summed E-state index contributed by atoms with van der Waals surface area (Å²) >= 11 is 0. The maximum absolute atomic E-state index is 12.6. The van der Waals surface area contributed by atoms with E-state index in [9.17, 15) is 14.9 Å². The molecule has 11 nitrogen and oxygen atoms in total. The highest BCUT2D eigenvalue weighted by molar-refractivity contribution is 5.94. The zero-order valence-corrected chi connectivity index (χ0v) is 20.0. The van der Waals surface area contributed by atoms with Gasteiger partial charge in [-0.1, -0.05) is 24.3 Å². The van der Waals surface area contributed by atoms with Crippen LogP contribution in [-0.2, 0) is 6.54 Å². The number of carbonyl (C=O) groups excluding carboxylic acids is 1. The van der Waals surface area contributed by atoms with E-state index in [0.717, 1.165) is 16.9 Å². The number of nitro groups is 1. The van der Waals surface area contributed by atoms with Gasteiger partial charge in [-0.25, -0.2) is 15.0 Å². The molecule has 4 rings (SSSR count). The number of nitrogens with one attached hydrogen (secondary N) is 3. The van der Waals surface area contributed by atoms with E-state index >= 15 is 0 Å². The van der Waals surface area contributed by atoms with Crippen molar-refractivity contribution in [3.8, 4) is 17.0 Å². The minimum Gasteiger partial charge on any atom is -0.497 e. The topological polar surface area (TPSA) is 144 Å². The third-order valence-corrected chi connectivity index (χ3v) is 5.36. The van der Waals surface area contributed by atoms with Gasteiger partial charge in [0, 0.05) is 43.0 Å². The molecule has 11 heteroatoms. The fourth-order valence-corrected chi connectivity index (χ4v) is 3.43. The van der Waals surface area contributed by atoms with E-state index < -0.39 is 4.92 Å². The van der Waals surface area contributed by atoms with Crippen molar-refractivity contribution in [2.45, 2.75) is 6.54 Å². The van der Waals surface area contributed by atoms with Crippen molar-refractivity contribution in [3.05, 3.63) is 100 Å². The first kappa shape index (κ1) is 25.0. The van der Waals surface area contributed by atoms with Crippen molar-refractivity contribution in [3.63, 3.8) is 0 Å². The Morgan fingerprint density at radius 2 is 1.81 bits per heavy atom. The van der Waals surface area contributed by atoms with Gasteiger partial charge >= 0.3 is 0 Å². The van der Waals surface area contributed by atoms with E-state index in [-0.39, 0.29) is 11.6 Å². The van der Waals surface area contributed by atoms with Crippen molar-refractivity contribution >= 4 is 23.4 Å². The lowest BCUT2D eigenvalue weighted by Gasteiger charge is -2.09. The molecule has 2 heterocycles. The molecule has 0 atom stereocenters. The molecule has 0 aliphatic heterocycles. The van der Waals surface area contributed by atoms with E-state index in [1.54, 1.807) is 37.6 Å². The second kappa shape index (κ2) is 12.1. The maximum atomic E-state index is 12.6. The van der Waals surface area contributed by atoms with Gasteiger partial charge in [-0.3, -0.25) is 14.9 Å². The van der Waals surface area contributed by atoms with E-state index in [1.165, 1.54) is 12.3 Å². The van der Waals surface area contributed by atoms with Crippen LogP contribution in [0.1, 0.15) is 15.9 Å². The molecule has 0 fully saturated rings. The SMILES string of the molecule is COc1cccc(CNC(=O)c2ccc(-c3ccnc(NCCNc4ccc([N+](=O)[O-])cn4)n3)cc2)c1. The number of hydrogen-bond acceptors (Lipinski definition) is 9. The lowest BCUT2D eigenvalue weighted by atomic mass is 10.1. The minimum atomic E-state index is -0.491. The fraction of sp³-hybridized carbons (Fsp3) is 0.154. The van der Waals surface area contributed by atoms with Gasteiger partial charge in [0.2, 0.25) is 5.95 Å². The summed E-state index contributed by atoms with van der Waals surface area (Å²) in [6.45, 7) is 1.42. The van der Waals surface area contributed by atoms with Crippen LogP contribution in [0.2, 0.25) is 0 Å². The monoisotopic (exact) mass is 499 g/mol. The van der Waals surface area contributed by atoms with Crippen molar-refractivity contribution in [1.29, 1.82) is 0 Å². The number of pyridine rings is 1. The van der Waals surface area contributed by atoms with Gasteiger partial charge in [0.1, 0.15) is 17.8 Å². The Bertz CT molecular complexity index is 1360. The Labute approximate surface area is 213 Å². The summed E-state index contributed by atoms with van der Waals surface area (Å²) in [5, 5.41) is 19.8. The van der Waals surface area contributed by atoms with Gasteiger partial charge in [-0.05, 0) is 42.0 Å². The molecule has 4 aromatic rings. The van der Waals surface area contributed by atoms with Gasteiger partial charge in [0.15, 0.2) is 0 Å². The first-order valence-electron chi connectivity index (χ1n) is 11.4. The Morgan fingerprint density at radius 3 is 2.54 bits per heavy atom. The van der Waals surface area contributed by atoms with Crippen LogP contribution >= 0.6 is 0 Å². The first-order valence-corrected chi connectivity index (χ1v) is 11.4. The standard InChI is InChI=1S/C26H25N7O4/c1-37-22-4-2-3-18(15-22)16-31-25(34)20-7-5-19(6-8-20)23-11-12-28-26(32-23)29-14-13-27-24-10-9-21(17-30-24)33(35)36/h2-12,15,17H,13-14,16H2,1H3,(H,27,30)(H,31,34)(H,28,29,32). The van der Waals surface area contributed by atoms with Gasteiger partial charge in [-0.2, -0.15) is 0 Å². The summed E-state index contributed by atoms with van der Waals surface area (Å²) in [6, 6.07) is 19.5. The molecule has 188 valence electrons. The molecular formula is C26H25N7O4. The molecule has 0 radical (unpaired) electrons. The molecule has 3 N–H and O–H groups in total. The Morgan fingerprint density at radius 1 is 1.00 bits per heavy atom. The average Bonchev–Trinajstić information content (AvgIpc) is 2.94. The van der Waals surface area contributed by atoms with Gasteiger partial charge in [0.25, 0.3) is 11.6 Å². The quantitative estimate of drug-likeness (QED) is 0.159. The number of amides is 1. The van der Waals surface area contributed by atoms with E-state index in [1.807, 2.05) is 36.4 Å². The fourth-order valence-electron chi connectivity index (χ4n) is 3.43. The van der Waals surface area contributed by atoms with Crippen LogP contribution in [0.15, 0.2) is 79.1 Å². The number of aromatic nitrogens is 3. The third-order valence-electron chi connectivity index (χ3n) is 5.36. The molecule has 2 aromatic heterocycles. The number of methoxy groups -OCH3 is 1. The number of carbonyl (C=O) groups is 1. The predicted octanol–water partition coefficient (Wildman–Crippen LogP) is 3.91. The Kier molecular flexibility index (Phi) is 8.17. The number of nitrogens with zero attached hydrogens (tertiary/aromatic N) is 4. The van der Waals surface area contributed by atoms with Crippen LogP contribution in [0.3, 0.4) is 0 Å². The van der Waals surface area contributed by atoms with Gasteiger partial charge in [0.05, 0.1) is 17.7 Å². The number of rotatable bonds is 11. The highest BCUT2D eigenvalue weighted by Crippen LogP contribution is 2.19. The zero-order chi connectivity index (χ0) is 26.0. The van der Waals surface area contributed by atoms with Crippen LogP contribution in [0.4, 0.5) is 17.5 Å². The predicted molar refractivity (Wildman–Crippen MR) is 140 cm³/mol. The van der Waals surface area contributed by atoms with Crippen molar-refractivity contribution in [2.24, 2.45) is 0 Å². The summed E-state index contributed by atoms with van der Waals surface area (Å²) in [5.74, 6) is 1.56. The highest BCUT2D eigenvalue weighted by atomic mass is 16.6. The van der Waals surface area contributed by atoms with Crippen LogP contribution in [0.5, 0.6) is 5.75 Å². The van der Waals surface area contributed by atoms with Crippen LogP contribution < -0.4 is 20.7 Å². The molecular weight excluding hydrogens is 474 g/mol. The molecule has 0 aliphatic rings.